The van der Waals surface area contributed by atoms with E-state index in [1.807, 2.05) is 42.7 Å². The molecular weight excluding hydrogens is 377 g/mol. The zero-order valence-electron chi connectivity index (χ0n) is 13.0. The van der Waals surface area contributed by atoms with Crippen molar-refractivity contribution in [3.8, 4) is 28.5 Å². The molecule has 1 heterocycles. The Morgan fingerprint density at radius 3 is 2.28 bits per heavy atom. The number of aromatic nitrogens is 2. The van der Waals surface area contributed by atoms with Gasteiger partial charge < -0.3 is 4.98 Å². The summed E-state index contributed by atoms with van der Waals surface area (Å²) < 4.78 is 0. The van der Waals surface area contributed by atoms with E-state index in [-0.39, 0.29) is 5.56 Å². The van der Waals surface area contributed by atoms with Crippen LogP contribution in [0.4, 0.5) is 0 Å². The fourth-order valence-electron chi connectivity index (χ4n) is 2.36. The molecule has 0 unspecified atom stereocenters. The average molecular weight is 388 g/mol. The van der Waals surface area contributed by atoms with Crippen LogP contribution in [0.15, 0.2) is 52.4 Å². The number of rotatable bonds is 3. The first-order chi connectivity index (χ1) is 12.0. The van der Waals surface area contributed by atoms with Gasteiger partial charge in [-0.2, -0.15) is 5.26 Å². The Morgan fingerprint density at radius 2 is 1.68 bits per heavy atom. The molecule has 1 aromatic heterocycles. The molecule has 1 N–H and O–H groups in total. The van der Waals surface area contributed by atoms with E-state index in [1.54, 1.807) is 12.1 Å². The molecule has 0 spiro atoms. The van der Waals surface area contributed by atoms with E-state index in [0.717, 1.165) is 11.1 Å². The molecule has 0 atom stereocenters. The highest BCUT2D eigenvalue weighted by molar-refractivity contribution is 7.98. The number of nitrogens with one attached hydrogen (secondary N) is 1. The van der Waals surface area contributed by atoms with Crippen LogP contribution in [0.3, 0.4) is 0 Å². The van der Waals surface area contributed by atoms with E-state index in [4.69, 9.17) is 23.2 Å². The summed E-state index contributed by atoms with van der Waals surface area (Å²) >= 11 is 13.3. The molecule has 0 saturated carbocycles. The Hall–Kier alpha value is -2.26. The van der Waals surface area contributed by atoms with E-state index in [2.05, 4.69) is 9.97 Å². The van der Waals surface area contributed by atoms with Crippen molar-refractivity contribution in [1.29, 1.82) is 5.26 Å². The molecule has 0 saturated heterocycles. The van der Waals surface area contributed by atoms with Crippen LogP contribution in [0.1, 0.15) is 5.56 Å². The van der Waals surface area contributed by atoms with Crippen LogP contribution in [0.2, 0.25) is 10.0 Å². The summed E-state index contributed by atoms with van der Waals surface area (Å²) in [5, 5.41) is 10.7. The van der Waals surface area contributed by atoms with Gasteiger partial charge in [0.15, 0.2) is 5.16 Å². The monoisotopic (exact) mass is 387 g/mol. The smallest absolute Gasteiger partial charge is 0.270 e. The quantitative estimate of drug-likeness (QED) is 0.506. The van der Waals surface area contributed by atoms with Gasteiger partial charge in [-0.05, 0) is 29.5 Å². The van der Waals surface area contributed by atoms with Crippen LogP contribution in [0.25, 0.3) is 22.4 Å². The highest BCUT2D eigenvalue weighted by Gasteiger charge is 2.13. The molecule has 2 aromatic carbocycles. The summed E-state index contributed by atoms with van der Waals surface area (Å²) in [6, 6.07) is 14.8. The van der Waals surface area contributed by atoms with Gasteiger partial charge in [-0.3, -0.25) is 4.79 Å². The molecule has 0 aliphatic rings. The van der Waals surface area contributed by atoms with Gasteiger partial charge in [0.2, 0.25) is 0 Å². The molecule has 0 bridgehead atoms. The number of thioether (sulfide) groups is 1. The molecule has 3 aromatic rings. The number of nitrogens with zero attached hydrogens (tertiary/aromatic N) is 2. The van der Waals surface area contributed by atoms with Crippen molar-refractivity contribution in [1.82, 2.24) is 9.97 Å². The lowest BCUT2D eigenvalue weighted by Crippen LogP contribution is -2.14. The molecule has 124 valence electrons. The second-order valence-corrected chi connectivity index (χ2v) is 6.73. The summed E-state index contributed by atoms with van der Waals surface area (Å²) in [7, 11) is 0. The highest BCUT2D eigenvalue weighted by Crippen LogP contribution is 2.30. The van der Waals surface area contributed by atoms with Crippen LogP contribution in [-0.2, 0) is 0 Å². The van der Waals surface area contributed by atoms with Gasteiger partial charge in [-0.15, -0.1) is 0 Å². The number of nitriles is 1. The van der Waals surface area contributed by atoms with Crippen molar-refractivity contribution in [3.63, 3.8) is 0 Å². The summed E-state index contributed by atoms with van der Waals surface area (Å²) in [5.41, 5.74) is 2.49. The van der Waals surface area contributed by atoms with E-state index >= 15 is 0 Å². The van der Waals surface area contributed by atoms with Crippen molar-refractivity contribution in [2.75, 3.05) is 6.26 Å². The zero-order chi connectivity index (χ0) is 18.0. The number of aromatic amines is 1. The molecule has 4 nitrogen and oxygen atoms in total. The summed E-state index contributed by atoms with van der Waals surface area (Å²) in [6.45, 7) is 0. The highest BCUT2D eigenvalue weighted by atomic mass is 35.5. The third kappa shape index (κ3) is 3.57. The summed E-state index contributed by atoms with van der Waals surface area (Å²) in [5.74, 6) is 0. The molecule has 0 fully saturated rings. The van der Waals surface area contributed by atoms with E-state index in [0.29, 0.717) is 26.5 Å². The number of H-pyrrole nitrogens is 1. The van der Waals surface area contributed by atoms with Crippen molar-refractivity contribution < 1.29 is 0 Å². The Kier molecular flexibility index (Phi) is 5.14. The molecule has 0 aliphatic heterocycles. The van der Waals surface area contributed by atoms with Gasteiger partial charge in [0.05, 0.1) is 15.7 Å². The lowest BCUT2D eigenvalue weighted by Gasteiger charge is -2.07. The molecule has 7 heteroatoms. The van der Waals surface area contributed by atoms with Crippen LogP contribution in [0, 0.1) is 11.3 Å². The fraction of sp³-hybridized carbons (Fsp3) is 0.0556. The van der Waals surface area contributed by atoms with Crippen molar-refractivity contribution in [3.05, 3.63) is 68.4 Å². The van der Waals surface area contributed by atoms with Gasteiger partial charge in [0, 0.05) is 5.56 Å². The first-order valence-corrected chi connectivity index (χ1v) is 9.16. The number of halogens is 2. The number of hydrogen-bond acceptors (Lipinski definition) is 4. The maximum atomic E-state index is 12.0. The van der Waals surface area contributed by atoms with Crippen LogP contribution < -0.4 is 5.56 Å². The van der Waals surface area contributed by atoms with Gasteiger partial charge in [0.1, 0.15) is 11.6 Å². The maximum absolute atomic E-state index is 12.0. The number of benzene rings is 2. The second kappa shape index (κ2) is 7.32. The van der Waals surface area contributed by atoms with Crippen molar-refractivity contribution in [2.45, 2.75) is 5.16 Å². The average Bonchev–Trinajstić information content (AvgIpc) is 2.63. The molecule has 3 rings (SSSR count). The standard InChI is InChI=1S/C18H11Cl2N3OS/c1-25-18-22-16(13(9-21)17(24)23-18)11-4-2-10(3-5-11)12-6-7-14(19)15(20)8-12/h2-8H,1H3,(H,22,23,24). The van der Waals surface area contributed by atoms with Crippen LogP contribution in [-0.4, -0.2) is 16.2 Å². The predicted molar refractivity (Wildman–Crippen MR) is 102 cm³/mol. The van der Waals surface area contributed by atoms with E-state index < -0.39 is 5.56 Å². The third-order valence-electron chi connectivity index (χ3n) is 3.61. The minimum absolute atomic E-state index is 0.0000809. The second-order valence-electron chi connectivity index (χ2n) is 5.12. The van der Waals surface area contributed by atoms with Gasteiger partial charge in [0.25, 0.3) is 5.56 Å². The first-order valence-electron chi connectivity index (χ1n) is 7.17. The largest absolute Gasteiger partial charge is 0.300 e. The van der Waals surface area contributed by atoms with Gasteiger partial charge in [-0.1, -0.05) is 65.3 Å². The van der Waals surface area contributed by atoms with Crippen molar-refractivity contribution >= 4 is 35.0 Å². The zero-order valence-corrected chi connectivity index (χ0v) is 15.3. The summed E-state index contributed by atoms with van der Waals surface area (Å²) in [6.07, 6.45) is 1.81. The minimum Gasteiger partial charge on any atom is -0.300 e. The maximum Gasteiger partial charge on any atom is 0.270 e. The molecule has 0 radical (unpaired) electrons. The third-order valence-corrected chi connectivity index (χ3v) is 4.93. The lowest BCUT2D eigenvalue weighted by atomic mass is 10.0. The Morgan fingerprint density at radius 1 is 1.04 bits per heavy atom. The minimum atomic E-state index is -0.439. The lowest BCUT2D eigenvalue weighted by molar-refractivity contribution is 0.938. The van der Waals surface area contributed by atoms with Gasteiger partial charge in [-0.25, -0.2) is 4.98 Å². The topological polar surface area (TPSA) is 69.5 Å². The van der Waals surface area contributed by atoms with E-state index in [9.17, 15) is 10.1 Å². The Balaban J connectivity index is 2.06. The SMILES string of the molecule is CSc1nc(-c2ccc(-c3ccc(Cl)c(Cl)c3)cc2)c(C#N)c(=O)[nH]1. The first kappa shape index (κ1) is 17.6. The molecule has 25 heavy (non-hydrogen) atoms. The van der Waals surface area contributed by atoms with Crippen molar-refractivity contribution in [2.24, 2.45) is 0 Å². The Labute approximate surface area is 158 Å². The molecule has 0 aliphatic carbocycles. The summed E-state index contributed by atoms with van der Waals surface area (Å²) in [4.78, 5) is 19.0. The van der Waals surface area contributed by atoms with E-state index in [1.165, 1.54) is 11.8 Å². The molecular formula is C18H11Cl2N3OS. The molecule has 0 amide bonds. The van der Waals surface area contributed by atoms with Crippen LogP contribution >= 0.6 is 35.0 Å². The normalized spacial score (nSPS) is 10.5. The predicted octanol–water partition coefficient (Wildman–Crippen LogP) is 5.00. The van der Waals surface area contributed by atoms with Gasteiger partial charge >= 0.3 is 0 Å². The number of hydrogen-bond donors (Lipinski definition) is 1. The Bertz CT molecular complexity index is 1040. The van der Waals surface area contributed by atoms with Crippen LogP contribution in [0.5, 0.6) is 0 Å². The fourth-order valence-corrected chi connectivity index (χ4v) is 3.03.